The number of rotatable bonds is 4. The van der Waals surface area contributed by atoms with E-state index in [9.17, 15) is 4.79 Å². The van der Waals surface area contributed by atoms with E-state index in [2.05, 4.69) is 0 Å². The molecule has 0 fully saturated rings. The molecule has 0 saturated carbocycles. The first kappa shape index (κ1) is 17.7. The van der Waals surface area contributed by atoms with Crippen molar-refractivity contribution in [3.63, 3.8) is 0 Å². The molecular weight excluding hydrogens is 383 g/mol. The van der Waals surface area contributed by atoms with Gasteiger partial charge in [-0.3, -0.25) is 4.79 Å². The Morgan fingerprint density at radius 2 is 1.67 bits per heavy atom. The molecule has 0 saturated heterocycles. The van der Waals surface area contributed by atoms with Gasteiger partial charge >= 0.3 is 0 Å². The molecule has 0 aromatic heterocycles. The molecule has 5 heteroatoms. The zero-order valence-corrected chi connectivity index (χ0v) is 15.6. The molecular formula is C22H14Cl2O3. The highest BCUT2D eigenvalue weighted by Crippen LogP contribution is 2.36. The smallest absolute Gasteiger partial charge is 0.231 e. The van der Waals surface area contributed by atoms with Crippen molar-refractivity contribution in [3.8, 4) is 11.5 Å². The number of allylic oxidation sites excluding steroid dienone is 1. The Kier molecular flexibility index (Phi) is 4.88. The second kappa shape index (κ2) is 7.47. The highest BCUT2D eigenvalue weighted by atomic mass is 35.5. The Morgan fingerprint density at radius 3 is 2.41 bits per heavy atom. The Morgan fingerprint density at radius 1 is 0.926 bits per heavy atom. The lowest BCUT2D eigenvalue weighted by atomic mass is 10.1. The van der Waals surface area contributed by atoms with Gasteiger partial charge in [-0.2, -0.15) is 0 Å². The van der Waals surface area contributed by atoms with Crippen LogP contribution in [0.25, 0.3) is 6.08 Å². The predicted octanol–water partition coefficient (Wildman–Crippen LogP) is 6.19. The van der Waals surface area contributed by atoms with Crippen molar-refractivity contribution in [1.29, 1.82) is 0 Å². The van der Waals surface area contributed by atoms with Crippen LogP contribution >= 0.6 is 23.2 Å². The number of fused-ring (bicyclic) bond motifs is 1. The van der Waals surface area contributed by atoms with Gasteiger partial charge in [-0.1, -0.05) is 59.6 Å². The lowest BCUT2D eigenvalue weighted by molar-refractivity contribution is 0.101. The van der Waals surface area contributed by atoms with Gasteiger partial charge in [-0.05, 0) is 35.9 Å². The molecule has 4 rings (SSSR count). The van der Waals surface area contributed by atoms with Gasteiger partial charge in [-0.15, -0.1) is 0 Å². The van der Waals surface area contributed by atoms with Crippen LogP contribution in [0.4, 0.5) is 0 Å². The first-order valence-electron chi connectivity index (χ1n) is 8.31. The van der Waals surface area contributed by atoms with Crippen molar-refractivity contribution in [1.82, 2.24) is 0 Å². The molecule has 3 nitrogen and oxygen atoms in total. The molecule has 134 valence electrons. The van der Waals surface area contributed by atoms with Crippen molar-refractivity contribution in [2.75, 3.05) is 0 Å². The van der Waals surface area contributed by atoms with Gasteiger partial charge in [0.15, 0.2) is 5.76 Å². The van der Waals surface area contributed by atoms with E-state index in [-0.39, 0.29) is 11.5 Å². The highest BCUT2D eigenvalue weighted by Gasteiger charge is 2.28. The summed E-state index contributed by atoms with van der Waals surface area (Å²) in [6.07, 6.45) is 1.57. The number of halogens is 2. The number of hydrogen-bond acceptors (Lipinski definition) is 3. The summed E-state index contributed by atoms with van der Waals surface area (Å²) >= 11 is 12.4. The normalized spacial score (nSPS) is 14.1. The number of Topliss-reactive ketones (excluding diaryl/α,β-unsaturated/α-hetero) is 1. The van der Waals surface area contributed by atoms with E-state index in [1.165, 1.54) is 0 Å². The minimum atomic E-state index is -0.212. The largest absolute Gasteiger partial charge is 0.489 e. The van der Waals surface area contributed by atoms with Gasteiger partial charge < -0.3 is 9.47 Å². The van der Waals surface area contributed by atoms with E-state index in [1.807, 2.05) is 30.3 Å². The first-order valence-corrected chi connectivity index (χ1v) is 9.06. The van der Waals surface area contributed by atoms with Crippen LogP contribution in [0.2, 0.25) is 10.0 Å². The van der Waals surface area contributed by atoms with E-state index in [4.69, 9.17) is 32.7 Å². The number of carbonyl (C=O) groups excluding carboxylic acids is 1. The summed E-state index contributed by atoms with van der Waals surface area (Å²) in [5, 5.41) is 0.906. The van der Waals surface area contributed by atoms with Crippen LogP contribution in [0.15, 0.2) is 72.5 Å². The average molecular weight is 397 g/mol. The average Bonchev–Trinajstić information content (AvgIpc) is 2.99. The lowest BCUT2D eigenvalue weighted by Gasteiger charge is -2.07. The summed E-state index contributed by atoms with van der Waals surface area (Å²) in [6.45, 7) is 0.436. The number of ether oxygens (including phenoxy) is 2. The van der Waals surface area contributed by atoms with Crippen LogP contribution < -0.4 is 9.47 Å². The minimum absolute atomic E-state index is 0.181. The summed E-state index contributed by atoms with van der Waals surface area (Å²) in [6, 6.07) is 20.2. The van der Waals surface area contributed by atoms with Gasteiger partial charge in [-0.25, -0.2) is 0 Å². The zero-order chi connectivity index (χ0) is 18.8. The molecule has 3 aromatic carbocycles. The highest BCUT2D eigenvalue weighted by molar-refractivity contribution is 6.37. The van der Waals surface area contributed by atoms with Crippen molar-refractivity contribution in [2.24, 2.45) is 0 Å². The van der Waals surface area contributed by atoms with Crippen molar-refractivity contribution >= 4 is 35.1 Å². The minimum Gasteiger partial charge on any atom is -0.489 e. The lowest BCUT2D eigenvalue weighted by Crippen LogP contribution is -1.98. The quantitative estimate of drug-likeness (QED) is 0.493. The molecule has 0 unspecified atom stereocenters. The summed E-state index contributed by atoms with van der Waals surface area (Å²) in [5.74, 6) is 1.05. The number of benzene rings is 3. The van der Waals surface area contributed by atoms with Crippen molar-refractivity contribution in [2.45, 2.75) is 6.61 Å². The Balaban J connectivity index is 1.56. The third-order valence-electron chi connectivity index (χ3n) is 4.16. The summed E-state index contributed by atoms with van der Waals surface area (Å²) in [5.41, 5.74) is 2.10. The van der Waals surface area contributed by atoms with E-state index in [0.717, 1.165) is 5.56 Å². The number of hydrogen-bond donors (Lipinski definition) is 0. The molecule has 0 amide bonds. The fourth-order valence-corrected chi connectivity index (χ4v) is 3.28. The van der Waals surface area contributed by atoms with Gasteiger partial charge in [0.2, 0.25) is 5.78 Å². The Bertz CT molecular complexity index is 1020. The molecule has 0 aliphatic carbocycles. The second-order valence-electron chi connectivity index (χ2n) is 6.01. The van der Waals surface area contributed by atoms with Gasteiger partial charge in [0, 0.05) is 21.7 Å². The van der Waals surface area contributed by atoms with Gasteiger partial charge in [0.25, 0.3) is 0 Å². The molecule has 27 heavy (non-hydrogen) atoms. The van der Waals surface area contributed by atoms with E-state index < -0.39 is 0 Å². The number of ketones is 1. The SMILES string of the molecule is O=C1/C(=C/c2c(Cl)cccc2Cl)Oc2cc(OCc3ccccc3)ccc21. The maximum absolute atomic E-state index is 12.6. The fourth-order valence-electron chi connectivity index (χ4n) is 2.78. The maximum atomic E-state index is 12.6. The summed E-state index contributed by atoms with van der Waals surface area (Å²) in [4.78, 5) is 12.6. The summed E-state index contributed by atoms with van der Waals surface area (Å²) < 4.78 is 11.5. The van der Waals surface area contributed by atoms with Gasteiger partial charge in [0.1, 0.15) is 18.1 Å². The molecule has 1 aliphatic rings. The molecule has 1 heterocycles. The molecule has 3 aromatic rings. The fraction of sp³-hybridized carbons (Fsp3) is 0.0455. The topological polar surface area (TPSA) is 35.5 Å². The first-order chi connectivity index (χ1) is 13.1. The third kappa shape index (κ3) is 3.70. The molecule has 0 N–H and O–H groups in total. The molecule has 0 atom stereocenters. The van der Waals surface area contributed by atoms with E-state index in [0.29, 0.717) is 39.3 Å². The molecule has 1 aliphatic heterocycles. The Labute approximate surface area is 166 Å². The van der Waals surface area contributed by atoms with E-state index >= 15 is 0 Å². The molecule has 0 spiro atoms. The third-order valence-corrected chi connectivity index (χ3v) is 4.82. The second-order valence-corrected chi connectivity index (χ2v) is 6.82. The van der Waals surface area contributed by atoms with Crippen LogP contribution in [0.1, 0.15) is 21.5 Å². The molecule has 0 radical (unpaired) electrons. The van der Waals surface area contributed by atoms with Crippen molar-refractivity contribution < 1.29 is 14.3 Å². The van der Waals surface area contributed by atoms with Crippen LogP contribution in [0.3, 0.4) is 0 Å². The van der Waals surface area contributed by atoms with Crippen LogP contribution in [-0.2, 0) is 6.61 Å². The number of carbonyl (C=O) groups is 1. The maximum Gasteiger partial charge on any atom is 0.231 e. The Hall–Kier alpha value is -2.75. The standard InChI is InChI=1S/C22H14Cl2O3/c23-18-7-4-8-19(24)17(18)12-21-22(25)16-10-9-15(11-20(16)27-21)26-13-14-5-2-1-3-6-14/h1-12H,13H2/b21-12-. The van der Waals surface area contributed by atoms with Crippen molar-refractivity contribution in [3.05, 3.63) is 99.2 Å². The van der Waals surface area contributed by atoms with Crippen LogP contribution in [0, 0.1) is 0 Å². The zero-order valence-electron chi connectivity index (χ0n) is 14.1. The predicted molar refractivity (Wildman–Crippen MR) is 107 cm³/mol. The van der Waals surface area contributed by atoms with Crippen LogP contribution in [0.5, 0.6) is 11.5 Å². The van der Waals surface area contributed by atoms with E-state index in [1.54, 1.807) is 42.5 Å². The van der Waals surface area contributed by atoms with Crippen LogP contribution in [-0.4, -0.2) is 5.78 Å². The monoisotopic (exact) mass is 396 g/mol. The van der Waals surface area contributed by atoms with Gasteiger partial charge in [0.05, 0.1) is 5.56 Å². The summed E-state index contributed by atoms with van der Waals surface area (Å²) in [7, 11) is 0. The molecule has 0 bridgehead atoms.